The lowest BCUT2D eigenvalue weighted by Crippen LogP contribution is -2.61. The second kappa shape index (κ2) is 33.9. The number of carboxylic acid groups (broad SMARTS) is 1. The quantitative estimate of drug-likeness (QED) is 0.0179. The van der Waals surface area contributed by atoms with Gasteiger partial charge in [0.15, 0.2) is 5.75 Å². The lowest BCUT2D eigenvalue weighted by Gasteiger charge is -2.31. The second-order valence-corrected chi connectivity index (χ2v) is 22.6. The van der Waals surface area contributed by atoms with E-state index in [9.17, 15) is 57.4 Å². The molecule has 1 fully saturated rings. The molecule has 1 unspecified atom stereocenters. The minimum atomic E-state index is -1.35. The highest BCUT2D eigenvalue weighted by Crippen LogP contribution is 2.26. The number of carbonyl (C=O) groups excluding carboxylic acids is 9. The van der Waals surface area contributed by atoms with Crippen molar-refractivity contribution in [3.05, 3.63) is 114 Å². The predicted molar refractivity (Wildman–Crippen MR) is 313 cm³/mol. The summed E-state index contributed by atoms with van der Waals surface area (Å²) in [7, 11) is 0. The fourth-order valence-corrected chi connectivity index (χ4v) is 10.2. The molecule has 26 heteroatoms. The number of nitrogens with one attached hydrogen (secondary N) is 8. The number of hydrogen-bond donors (Lipinski definition) is 10. The zero-order valence-electron chi connectivity index (χ0n) is 48.6. The average molecular weight is 1200 g/mol. The van der Waals surface area contributed by atoms with Crippen molar-refractivity contribution >= 4 is 70.9 Å². The van der Waals surface area contributed by atoms with E-state index in [4.69, 9.17) is 10.5 Å². The van der Waals surface area contributed by atoms with Gasteiger partial charge in [0.1, 0.15) is 36.3 Å². The van der Waals surface area contributed by atoms with E-state index in [-0.39, 0.29) is 69.1 Å². The van der Waals surface area contributed by atoms with Crippen molar-refractivity contribution in [2.45, 2.75) is 140 Å². The van der Waals surface area contributed by atoms with Gasteiger partial charge in [0.25, 0.3) is 5.95 Å². The first-order chi connectivity index (χ1) is 40.6. The fourth-order valence-electron chi connectivity index (χ4n) is 9.08. The number of imidazole rings is 1. The Bertz CT molecular complexity index is 2890. The van der Waals surface area contributed by atoms with Crippen LogP contribution < -0.4 is 47.7 Å². The number of H-pyrrole nitrogens is 1. The third kappa shape index (κ3) is 21.4. The van der Waals surface area contributed by atoms with Crippen LogP contribution in [0.5, 0.6) is 5.75 Å². The van der Waals surface area contributed by atoms with Gasteiger partial charge >= 0.3 is 5.97 Å². The molecule has 0 spiro atoms. The molecule has 2 aromatic carbocycles. The van der Waals surface area contributed by atoms with E-state index in [0.29, 0.717) is 29.7 Å². The molecule has 5 rings (SSSR count). The number of likely N-dealkylation sites (tertiary alicyclic amines) is 1. The first-order valence-electron chi connectivity index (χ1n) is 28.4. The van der Waals surface area contributed by atoms with Crippen LogP contribution in [0, 0.1) is 23.7 Å². The number of carboxylic acids is 1. The first kappa shape index (κ1) is 67.5. The van der Waals surface area contributed by atoms with E-state index in [1.165, 1.54) is 30.9 Å². The SMILES string of the molecule is CC[C@H](C)[C@H](NC(=O)[C@H](CC(C)C)NC(=O)[C@H](Cc1ccccc1)NC(=O)[C@H](Cc1cnc[nH]1)NC(=O)[C@@H](N)CSC1CC(=O)N(CCCOc2cccnc2[18F])C1=O)C(=O)N[C@H](C(=O)NCC(=O)N[C@@H](Cc1ccccc1)C(=O)O)[C@@H](C)CC. The molecule has 0 aliphatic carbocycles. The molecule has 460 valence electrons. The minimum absolute atomic E-state index is 0.00405. The van der Waals surface area contributed by atoms with Crippen molar-refractivity contribution in [1.29, 1.82) is 0 Å². The predicted octanol–water partition coefficient (Wildman–Crippen LogP) is 1.88. The molecule has 1 aliphatic rings. The van der Waals surface area contributed by atoms with Gasteiger partial charge in [-0.15, -0.1) is 11.8 Å². The molecular weight excluding hydrogens is 1120 g/mol. The summed E-state index contributed by atoms with van der Waals surface area (Å²) in [6.07, 6.45) is 4.90. The molecule has 1 saturated heterocycles. The van der Waals surface area contributed by atoms with Gasteiger partial charge in [-0.25, -0.2) is 14.8 Å². The number of aromatic amines is 1. The van der Waals surface area contributed by atoms with Gasteiger partial charge in [-0.1, -0.05) is 115 Å². The highest BCUT2D eigenvalue weighted by atomic mass is 32.2. The number of benzene rings is 2. The number of pyridine rings is 1. The summed E-state index contributed by atoms with van der Waals surface area (Å²) >= 11 is 1.01. The Morgan fingerprint density at radius 2 is 1.29 bits per heavy atom. The van der Waals surface area contributed by atoms with Crippen molar-refractivity contribution in [3.8, 4) is 5.75 Å². The van der Waals surface area contributed by atoms with E-state index in [1.54, 1.807) is 81.4 Å². The Labute approximate surface area is 497 Å². The highest BCUT2D eigenvalue weighted by molar-refractivity contribution is 8.00. The maximum atomic E-state index is 14.6. The number of nitrogens with two attached hydrogens (primary N) is 1. The minimum Gasteiger partial charge on any atom is -0.489 e. The van der Waals surface area contributed by atoms with Crippen molar-refractivity contribution in [1.82, 2.24) is 57.1 Å². The van der Waals surface area contributed by atoms with Crippen LogP contribution in [0.1, 0.15) is 90.5 Å². The fraction of sp³-hybridized carbons (Fsp3) is 0.492. The van der Waals surface area contributed by atoms with Gasteiger partial charge in [-0.3, -0.25) is 48.1 Å². The molecule has 11 N–H and O–H groups in total. The summed E-state index contributed by atoms with van der Waals surface area (Å²) in [5, 5.41) is 27.7. The number of ether oxygens (including phenoxy) is 1. The molecule has 24 nitrogen and oxygen atoms in total. The third-order valence-electron chi connectivity index (χ3n) is 14.3. The van der Waals surface area contributed by atoms with Crippen LogP contribution in [0.2, 0.25) is 0 Å². The molecule has 9 amide bonds. The van der Waals surface area contributed by atoms with Crippen molar-refractivity contribution < 1.29 is 62.2 Å². The van der Waals surface area contributed by atoms with Crippen molar-refractivity contribution in [2.24, 2.45) is 23.5 Å². The highest BCUT2D eigenvalue weighted by Gasteiger charge is 2.40. The maximum absolute atomic E-state index is 14.6. The molecule has 3 heterocycles. The zero-order chi connectivity index (χ0) is 62.2. The Morgan fingerprint density at radius 3 is 1.87 bits per heavy atom. The summed E-state index contributed by atoms with van der Waals surface area (Å²) in [5.74, 6) is -9.56. The number of thioether (sulfide) groups is 1. The normalized spacial score (nSPS) is 16.3. The molecule has 2 aromatic heterocycles. The molecule has 0 saturated carbocycles. The standard InChI is InChI=1S/C59H79FN12O12S/c1-7-35(5)49(56(79)64-31-47(73)66-44(59(82)83)27-38-19-13-10-14-20-38)71-57(80)50(36(6)8-2)70-55(78)41(25-34(3)4)68-53(76)42(26-37-17-11-9-12-18-37)69-54(77)43(28-39-30-62-33-65-39)67-52(75)40(61)32-85-46-29-48(74)72(58(46)81)23-16-24-84-45-21-15-22-63-51(45)60/h9-15,17-22,30,33-36,40-44,46,49-50H,7-8,16,23-29,31-32,61H2,1-6H3,(H,62,65)(H,64,79)(H,66,73)(H,67,75)(H,68,76)(H,69,77)(H,70,78)(H,71,80)(H,82,83)/t35-,36-,40-,41-,42-,43-,44-,46?,49-,50-/m0/s1/i60-1. The third-order valence-corrected chi connectivity index (χ3v) is 15.6. The van der Waals surface area contributed by atoms with Gasteiger partial charge in [-0.2, -0.15) is 4.39 Å². The number of rotatable bonds is 35. The number of aliphatic carboxylic acids is 1. The average Bonchev–Trinajstić information content (AvgIpc) is 4.34. The van der Waals surface area contributed by atoms with Gasteiger partial charge in [0.05, 0.1) is 30.8 Å². The second-order valence-electron chi connectivity index (χ2n) is 21.4. The number of aromatic nitrogens is 3. The smallest absolute Gasteiger partial charge is 0.326 e. The number of imide groups is 1. The van der Waals surface area contributed by atoms with Crippen LogP contribution in [0.15, 0.2) is 91.5 Å². The van der Waals surface area contributed by atoms with Gasteiger partial charge in [0, 0.05) is 56.1 Å². The van der Waals surface area contributed by atoms with E-state index in [2.05, 4.69) is 52.2 Å². The number of hydrogen-bond acceptors (Lipinski definition) is 15. The largest absolute Gasteiger partial charge is 0.489 e. The van der Waals surface area contributed by atoms with Crippen LogP contribution >= 0.6 is 11.8 Å². The summed E-state index contributed by atoms with van der Waals surface area (Å²) in [4.78, 5) is 148. The summed E-state index contributed by atoms with van der Waals surface area (Å²) < 4.78 is 19.3. The molecule has 10 atom stereocenters. The zero-order valence-corrected chi connectivity index (χ0v) is 49.5. The van der Waals surface area contributed by atoms with E-state index in [1.807, 2.05) is 20.8 Å². The van der Waals surface area contributed by atoms with Crippen molar-refractivity contribution in [3.63, 3.8) is 0 Å². The number of carbonyl (C=O) groups is 10. The topological polar surface area (TPSA) is 355 Å². The Kier molecular flexibility index (Phi) is 26.9. The lowest BCUT2D eigenvalue weighted by molar-refractivity contribution is -0.142. The Balaban J connectivity index is 1.25. The van der Waals surface area contributed by atoms with Crippen LogP contribution in [0.4, 0.5) is 4.39 Å². The molecular formula is C59H79FN12O12S. The monoisotopic (exact) mass is 1200 g/mol. The molecule has 1 aliphatic heterocycles. The van der Waals surface area contributed by atoms with Gasteiger partial charge < -0.3 is 57.8 Å². The van der Waals surface area contributed by atoms with Crippen LogP contribution in [0.25, 0.3) is 0 Å². The molecule has 85 heavy (non-hydrogen) atoms. The van der Waals surface area contributed by atoms with E-state index < -0.39 is 131 Å². The van der Waals surface area contributed by atoms with Crippen LogP contribution in [-0.4, -0.2) is 157 Å². The lowest BCUT2D eigenvalue weighted by atomic mass is 9.94. The summed E-state index contributed by atoms with van der Waals surface area (Å²) in [6.45, 7) is 10.2. The summed E-state index contributed by atoms with van der Waals surface area (Å²) in [5.41, 5.74) is 8.10. The number of amides is 9. The first-order valence-corrected chi connectivity index (χ1v) is 29.4. The molecule has 4 aromatic rings. The summed E-state index contributed by atoms with van der Waals surface area (Å²) in [6, 6.07) is 11.5. The number of halogens is 1. The van der Waals surface area contributed by atoms with Crippen LogP contribution in [-0.2, 0) is 67.2 Å². The number of nitrogens with zero attached hydrogens (tertiary/aromatic N) is 3. The van der Waals surface area contributed by atoms with E-state index >= 15 is 0 Å². The van der Waals surface area contributed by atoms with Gasteiger partial charge in [-0.05, 0) is 53.9 Å². The van der Waals surface area contributed by atoms with Crippen molar-refractivity contribution in [2.75, 3.05) is 25.4 Å². The molecule has 0 radical (unpaired) electrons. The van der Waals surface area contributed by atoms with Crippen LogP contribution in [0.3, 0.4) is 0 Å². The Morgan fingerprint density at radius 1 is 0.729 bits per heavy atom. The van der Waals surface area contributed by atoms with E-state index in [0.717, 1.165) is 16.7 Å². The van der Waals surface area contributed by atoms with Gasteiger partial charge in [0.2, 0.25) is 53.2 Å². The Hall–Kier alpha value is -8.26. The molecule has 0 bridgehead atoms. The maximum Gasteiger partial charge on any atom is 0.326 e.